The minimum atomic E-state index is -0.312. The van der Waals surface area contributed by atoms with E-state index in [9.17, 15) is 9.18 Å². The number of H-pyrrole nitrogens is 1. The summed E-state index contributed by atoms with van der Waals surface area (Å²) in [6, 6.07) is 14.9. The summed E-state index contributed by atoms with van der Waals surface area (Å²) >= 11 is 0. The first-order valence-corrected chi connectivity index (χ1v) is 7.99. The number of rotatable bonds is 4. The van der Waals surface area contributed by atoms with Gasteiger partial charge in [-0.05, 0) is 24.3 Å². The van der Waals surface area contributed by atoms with E-state index in [1.54, 1.807) is 59.5 Å². The molecule has 26 heavy (non-hydrogen) atoms. The molecule has 0 aliphatic rings. The molecule has 0 aliphatic carbocycles. The molecular formula is C19H14FN5O. The molecule has 0 atom stereocenters. The summed E-state index contributed by atoms with van der Waals surface area (Å²) in [6.07, 6.45) is 3.25. The summed E-state index contributed by atoms with van der Waals surface area (Å²) in [4.78, 5) is 22.9. The van der Waals surface area contributed by atoms with Crippen LogP contribution in [0.4, 0.5) is 4.39 Å². The minimum absolute atomic E-state index is 0.214. The van der Waals surface area contributed by atoms with Crippen molar-refractivity contribution < 1.29 is 4.39 Å². The summed E-state index contributed by atoms with van der Waals surface area (Å²) in [7, 11) is 0. The van der Waals surface area contributed by atoms with Gasteiger partial charge in [-0.2, -0.15) is 5.10 Å². The Labute approximate surface area is 148 Å². The summed E-state index contributed by atoms with van der Waals surface area (Å²) in [5, 5.41) is 4.53. The van der Waals surface area contributed by atoms with Crippen molar-refractivity contribution in [3.8, 4) is 22.9 Å². The van der Waals surface area contributed by atoms with Gasteiger partial charge in [0.05, 0.1) is 17.9 Å². The second kappa shape index (κ2) is 6.72. The van der Waals surface area contributed by atoms with Gasteiger partial charge in [-0.25, -0.2) is 14.4 Å². The summed E-state index contributed by atoms with van der Waals surface area (Å²) in [5.74, 6) is 0.146. The molecule has 1 aromatic carbocycles. The Balaban J connectivity index is 1.84. The van der Waals surface area contributed by atoms with E-state index in [1.165, 1.54) is 12.1 Å². The Hall–Kier alpha value is -3.61. The van der Waals surface area contributed by atoms with Crippen LogP contribution in [-0.4, -0.2) is 24.7 Å². The third-order valence-electron chi connectivity index (χ3n) is 3.90. The maximum absolute atomic E-state index is 14.1. The molecule has 0 amide bonds. The van der Waals surface area contributed by atoms with Gasteiger partial charge in [0.25, 0.3) is 0 Å². The van der Waals surface area contributed by atoms with E-state index >= 15 is 0 Å². The second-order valence-electron chi connectivity index (χ2n) is 5.66. The van der Waals surface area contributed by atoms with Crippen molar-refractivity contribution in [2.24, 2.45) is 0 Å². The van der Waals surface area contributed by atoms with Crippen molar-refractivity contribution in [1.29, 1.82) is 0 Å². The van der Waals surface area contributed by atoms with Crippen LogP contribution >= 0.6 is 0 Å². The van der Waals surface area contributed by atoms with E-state index in [-0.39, 0.29) is 17.9 Å². The Morgan fingerprint density at radius 1 is 1.00 bits per heavy atom. The molecule has 3 aromatic heterocycles. The van der Waals surface area contributed by atoms with Gasteiger partial charge in [0.15, 0.2) is 5.82 Å². The fourth-order valence-corrected chi connectivity index (χ4v) is 2.68. The van der Waals surface area contributed by atoms with Crippen LogP contribution < -0.4 is 5.56 Å². The average Bonchev–Trinajstić information content (AvgIpc) is 3.08. The van der Waals surface area contributed by atoms with Gasteiger partial charge in [-0.3, -0.25) is 9.48 Å². The zero-order chi connectivity index (χ0) is 17.9. The van der Waals surface area contributed by atoms with Crippen LogP contribution in [0.25, 0.3) is 22.9 Å². The summed E-state index contributed by atoms with van der Waals surface area (Å²) in [5.41, 5.74) is 2.05. The standard InChI is InChI=1S/C19H14FN5O/c20-14-6-2-1-5-13(14)12-25-17(15-7-3-8-18(26)23-15)11-16(24-25)19-21-9-4-10-22-19/h1-11H,12H2,(H,23,26). The molecule has 0 spiro atoms. The first-order valence-electron chi connectivity index (χ1n) is 7.99. The highest BCUT2D eigenvalue weighted by Gasteiger charge is 2.15. The van der Waals surface area contributed by atoms with Gasteiger partial charge in [0.2, 0.25) is 5.56 Å². The van der Waals surface area contributed by atoms with Crippen molar-refractivity contribution in [2.75, 3.05) is 0 Å². The first-order chi connectivity index (χ1) is 12.7. The number of halogens is 1. The Kier molecular flexibility index (Phi) is 4.10. The quantitative estimate of drug-likeness (QED) is 0.616. The van der Waals surface area contributed by atoms with Gasteiger partial charge in [-0.15, -0.1) is 0 Å². The maximum atomic E-state index is 14.1. The normalized spacial score (nSPS) is 10.8. The molecule has 3 heterocycles. The lowest BCUT2D eigenvalue weighted by Crippen LogP contribution is -2.09. The molecule has 1 N–H and O–H groups in total. The zero-order valence-corrected chi connectivity index (χ0v) is 13.6. The molecule has 7 heteroatoms. The van der Waals surface area contributed by atoms with Gasteiger partial charge in [0.1, 0.15) is 11.5 Å². The van der Waals surface area contributed by atoms with E-state index < -0.39 is 0 Å². The van der Waals surface area contributed by atoms with Gasteiger partial charge in [0, 0.05) is 24.0 Å². The lowest BCUT2D eigenvalue weighted by molar-refractivity contribution is 0.587. The number of nitrogens with one attached hydrogen (secondary N) is 1. The van der Waals surface area contributed by atoms with E-state index in [1.807, 2.05) is 0 Å². The third kappa shape index (κ3) is 3.14. The van der Waals surface area contributed by atoms with E-state index in [0.717, 1.165) is 0 Å². The molecule has 4 rings (SSSR count). The summed E-state index contributed by atoms with van der Waals surface area (Å²) in [6.45, 7) is 0.214. The van der Waals surface area contributed by atoms with Crippen molar-refractivity contribution in [2.45, 2.75) is 6.54 Å². The molecular weight excluding hydrogens is 333 g/mol. The maximum Gasteiger partial charge on any atom is 0.248 e. The highest BCUT2D eigenvalue weighted by atomic mass is 19.1. The Morgan fingerprint density at radius 3 is 2.58 bits per heavy atom. The van der Waals surface area contributed by atoms with Crippen LogP contribution in [0.15, 0.2) is 71.8 Å². The van der Waals surface area contributed by atoms with Crippen LogP contribution in [0.2, 0.25) is 0 Å². The van der Waals surface area contributed by atoms with E-state index in [0.29, 0.717) is 28.5 Å². The number of aromatic nitrogens is 5. The number of aromatic amines is 1. The van der Waals surface area contributed by atoms with Crippen molar-refractivity contribution in [1.82, 2.24) is 24.7 Å². The highest BCUT2D eigenvalue weighted by Crippen LogP contribution is 2.23. The average molecular weight is 347 g/mol. The van der Waals surface area contributed by atoms with Crippen molar-refractivity contribution in [3.63, 3.8) is 0 Å². The van der Waals surface area contributed by atoms with Gasteiger partial charge >= 0.3 is 0 Å². The molecule has 128 valence electrons. The fourth-order valence-electron chi connectivity index (χ4n) is 2.68. The number of pyridine rings is 1. The monoisotopic (exact) mass is 347 g/mol. The molecule has 0 fully saturated rings. The van der Waals surface area contributed by atoms with Crippen LogP contribution in [0, 0.1) is 5.82 Å². The molecule has 0 saturated heterocycles. The molecule has 0 unspecified atom stereocenters. The SMILES string of the molecule is O=c1cccc(-c2cc(-c3ncccn3)nn2Cc2ccccc2F)[nH]1. The van der Waals surface area contributed by atoms with Crippen molar-refractivity contribution >= 4 is 0 Å². The predicted octanol–water partition coefficient (Wildman–Crippen LogP) is 2.88. The number of hydrogen-bond acceptors (Lipinski definition) is 4. The first kappa shape index (κ1) is 15.9. The Bertz CT molecular complexity index is 1100. The van der Waals surface area contributed by atoms with Crippen LogP contribution in [0.1, 0.15) is 5.56 Å². The zero-order valence-electron chi connectivity index (χ0n) is 13.6. The number of nitrogens with zero attached hydrogens (tertiary/aromatic N) is 4. The number of benzene rings is 1. The summed E-state index contributed by atoms with van der Waals surface area (Å²) < 4.78 is 15.7. The Morgan fingerprint density at radius 2 is 1.81 bits per heavy atom. The highest BCUT2D eigenvalue weighted by molar-refractivity contribution is 5.62. The van der Waals surface area contributed by atoms with Crippen molar-refractivity contribution in [3.05, 3.63) is 88.7 Å². The van der Waals surface area contributed by atoms with Crippen LogP contribution in [-0.2, 0) is 6.54 Å². The largest absolute Gasteiger partial charge is 0.321 e. The smallest absolute Gasteiger partial charge is 0.248 e. The van der Waals surface area contributed by atoms with Gasteiger partial charge in [-0.1, -0.05) is 24.3 Å². The lowest BCUT2D eigenvalue weighted by Gasteiger charge is -2.08. The molecule has 0 bridgehead atoms. The van der Waals surface area contributed by atoms with Crippen LogP contribution in [0.5, 0.6) is 0 Å². The third-order valence-corrected chi connectivity index (χ3v) is 3.90. The minimum Gasteiger partial charge on any atom is -0.321 e. The molecule has 0 radical (unpaired) electrons. The molecule has 0 saturated carbocycles. The predicted molar refractivity (Wildman–Crippen MR) is 94.8 cm³/mol. The molecule has 6 nitrogen and oxygen atoms in total. The lowest BCUT2D eigenvalue weighted by atomic mass is 10.2. The second-order valence-corrected chi connectivity index (χ2v) is 5.66. The topological polar surface area (TPSA) is 76.5 Å². The van der Waals surface area contributed by atoms with E-state index in [4.69, 9.17) is 0 Å². The molecule has 0 aliphatic heterocycles. The molecule has 4 aromatic rings. The van der Waals surface area contributed by atoms with E-state index in [2.05, 4.69) is 20.1 Å². The fraction of sp³-hybridized carbons (Fsp3) is 0.0526. The van der Waals surface area contributed by atoms with Gasteiger partial charge < -0.3 is 4.98 Å². The number of hydrogen-bond donors (Lipinski definition) is 1. The van der Waals surface area contributed by atoms with Crippen LogP contribution in [0.3, 0.4) is 0 Å².